The first-order valence-electron chi connectivity index (χ1n) is 6.07. The van der Waals surface area contributed by atoms with E-state index in [0.29, 0.717) is 5.25 Å². The van der Waals surface area contributed by atoms with Crippen LogP contribution in [0.15, 0.2) is 23.1 Å². The Bertz CT molecular complexity index is 341. The fourth-order valence-electron chi connectivity index (χ4n) is 1.54. The number of aryl methyl sites for hydroxylation is 2. The number of methoxy groups -OCH3 is 1. The monoisotopic (exact) mass is 253 g/mol. The molecule has 96 valence electrons. The average molecular weight is 253 g/mol. The zero-order valence-electron chi connectivity index (χ0n) is 11.2. The van der Waals surface area contributed by atoms with Crippen LogP contribution in [0.3, 0.4) is 0 Å². The van der Waals surface area contributed by atoms with E-state index in [2.05, 4.69) is 44.3 Å². The molecule has 0 bridgehead atoms. The van der Waals surface area contributed by atoms with Crippen LogP contribution in [0, 0.1) is 13.8 Å². The molecule has 2 nitrogen and oxygen atoms in total. The van der Waals surface area contributed by atoms with Crippen molar-refractivity contribution in [1.82, 2.24) is 5.32 Å². The van der Waals surface area contributed by atoms with Gasteiger partial charge in [0.05, 0.1) is 6.61 Å². The van der Waals surface area contributed by atoms with E-state index in [1.165, 1.54) is 16.0 Å². The molecule has 0 saturated carbocycles. The second-order valence-corrected chi connectivity index (χ2v) is 5.88. The summed E-state index contributed by atoms with van der Waals surface area (Å²) in [5.41, 5.74) is 2.73. The Hall–Kier alpha value is -0.510. The van der Waals surface area contributed by atoms with Gasteiger partial charge < -0.3 is 10.1 Å². The molecule has 0 aliphatic rings. The molecule has 0 aromatic heterocycles. The van der Waals surface area contributed by atoms with Gasteiger partial charge >= 0.3 is 0 Å². The van der Waals surface area contributed by atoms with E-state index in [1.807, 2.05) is 11.8 Å². The molecular formula is C14H23NOS. The zero-order chi connectivity index (χ0) is 12.7. The van der Waals surface area contributed by atoms with E-state index in [4.69, 9.17) is 4.74 Å². The van der Waals surface area contributed by atoms with Crippen LogP contribution < -0.4 is 5.32 Å². The van der Waals surface area contributed by atoms with Crippen LogP contribution in [0.4, 0.5) is 0 Å². The molecule has 1 aromatic rings. The van der Waals surface area contributed by atoms with Crippen LogP contribution in [0.1, 0.15) is 18.1 Å². The SMILES string of the molecule is COCCNCC(C)Sc1ccc(C)c(C)c1. The highest BCUT2D eigenvalue weighted by molar-refractivity contribution is 8.00. The number of benzene rings is 1. The largest absolute Gasteiger partial charge is 0.383 e. The van der Waals surface area contributed by atoms with Gasteiger partial charge in [-0.15, -0.1) is 11.8 Å². The zero-order valence-corrected chi connectivity index (χ0v) is 12.1. The van der Waals surface area contributed by atoms with Gasteiger partial charge in [0, 0.05) is 30.3 Å². The summed E-state index contributed by atoms with van der Waals surface area (Å²) in [6.07, 6.45) is 0. The van der Waals surface area contributed by atoms with Gasteiger partial charge in [0.25, 0.3) is 0 Å². The molecule has 0 amide bonds. The molecule has 1 rings (SSSR count). The quantitative estimate of drug-likeness (QED) is 0.596. The lowest BCUT2D eigenvalue weighted by molar-refractivity contribution is 0.199. The summed E-state index contributed by atoms with van der Waals surface area (Å²) in [4.78, 5) is 1.36. The number of rotatable bonds is 7. The predicted molar refractivity (Wildman–Crippen MR) is 76.0 cm³/mol. The lowest BCUT2D eigenvalue weighted by atomic mass is 10.1. The van der Waals surface area contributed by atoms with Gasteiger partial charge in [-0.05, 0) is 37.1 Å². The van der Waals surface area contributed by atoms with Crippen LogP contribution in [0.25, 0.3) is 0 Å². The van der Waals surface area contributed by atoms with Crippen LogP contribution in [-0.2, 0) is 4.74 Å². The van der Waals surface area contributed by atoms with Crippen molar-refractivity contribution in [2.75, 3.05) is 26.8 Å². The third-order valence-electron chi connectivity index (χ3n) is 2.73. The Balaban J connectivity index is 2.34. The van der Waals surface area contributed by atoms with E-state index >= 15 is 0 Å². The van der Waals surface area contributed by atoms with E-state index in [1.54, 1.807) is 7.11 Å². The third kappa shape index (κ3) is 5.57. The lowest BCUT2D eigenvalue weighted by Crippen LogP contribution is -2.26. The van der Waals surface area contributed by atoms with Gasteiger partial charge in [-0.1, -0.05) is 13.0 Å². The maximum Gasteiger partial charge on any atom is 0.0587 e. The summed E-state index contributed by atoms with van der Waals surface area (Å²) in [5.74, 6) is 0. The highest BCUT2D eigenvalue weighted by atomic mass is 32.2. The van der Waals surface area contributed by atoms with Crippen LogP contribution in [0.5, 0.6) is 0 Å². The lowest BCUT2D eigenvalue weighted by Gasteiger charge is -2.13. The molecule has 0 aliphatic carbocycles. The van der Waals surface area contributed by atoms with Crippen molar-refractivity contribution < 1.29 is 4.74 Å². The molecular weight excluding hydrogens is 230 g/mol. The third-order valence-corrected chi connectivity index (χ3v) is 3.83. The summed E-state index contributed by atoms with van der Waals surface area (Å²) >= 11 is 1.92. The molecule has 0 saturated heterocycles. The topological polar surface area (TPSA) is 21.3 Å². The minimum Gasteiger partial charge on any atom is -0.383 e. The highest BCUT2D eigenvalue weighted by Crippen LogP contribution is 2.24. The highest BCUT2D eigenvalue weighted by Gasteiger charge is 2.04. The molecule has 1 N–H and O–H groups in total. The Morgan fingerprint density at radius 1 is 1.29 bits per heavy atom. The maximum atomic E-state index is 5.00. The van der Waals surface area contributed by atoms with Crippen molar-refractivity contribution in [2.24, 2.45) is 0 Å². The van der Waals surface area contributed by atoms with Gasteiger partial charge in [-0.3, -0.25) is 0 Å². The number of hydrogen-bond donors (Lipinski definition) is 1. The van der Waals surface area contributed by atoms with Gasteiger partial charge in [-0.25, -0.2) is 0 Å². The van der Waals surface area contributed by atoms with Gasteiger partial charge in [0.2, 0.25) is 0 Å². The van der Waals surface area contributed by atoms with Crippen molar-refractivity contribution >= 4 is 11.8 Å². The number of ether oxygens (including phenoxy) is 1. The summed E-state index contributed by atoms with van der Waals surface area (Å²) in [6.45, 7) is 9.29. The minimum atomic E-state index is 0.578. The predicted octanol–water partition coefficient (Wildman–Crippen LogP) is 3.02. The second-order valence-electron chi connectivity index (χ2n) is 4.37. The van der Waals surface area contributed by atoms with Crippen molar-refractivity contribution in [3.63, 3.8) is 0 Å². The first-order chi connectivity index (χ1) is 8.13. The fraction of sp³-hybridized carbons (Fsp3) is 0.571. The first kappa shape index (κ1) is 14.6. The van der Waals surface area contributed by atoms with Crippen LogP contribution in [-0.4, -0.2) is 32.1 Å². The number of hydrogen-bond acceptors (Lipinski definition) is 3. The van der Waals surface area contributed by atoms with Gasteiger partial charge in [-0.2, -0.15) is 0 Å². The number of thioether (sulfide) groups is 1. The first-order valence-corrected chi connectivity index (χ1v) is 6.95. The normalized spacial score (nSPS) is 12.7. The summed E-state index contributed by atoms with van der Waals surface area (Å²) in [5, 5.41) is 3.96. The smallest absolute Gasteiger partial charge is 0.0587 e. The molecule has 3 heteroatoms. The summed E-state index contributed by atoms with van der Waals surface area (Å²) < 4.78 is 5.00. The van der Waals surface area contributed by atoms with E-state index in [9.17, 15) is 0 Å². The van der Waals surface area contributed by atoms with Crippen molar-refractivity contribution in [1.29, 1.82) is 0 Å². The average Bonchev–Trinajstić information content (AvgIpc) is 2.30. The Kier molecular flexibility index (Phi) is 6.63. The molecule has 0 radical (unpaired) electrons. The molecule has 1 aromatic carbocycles. The van der Waals surface area contributed by atoms with Crippen molar-refractivity contribution in [3.05, 3.63) is 29.3 Å². The number of nitrogens with one attached hydrogen (secondary N) is 1. The Morgan fingerprint density at radius 3 is 2.71 bits per heavy atom. The Labute approximate surface area is 109 Å². The minimum absolute atomic E-state index is 0.578. The molecule has 0 heterocycles. The standard InChI is InChI=1S/C14H23NOS/c1-11-5-6-14(9-12(11)2)17-13(3)10-15-7-8-16-4/h5-6,9,13,15H,7-8,10H2,1-4H3. The van der Waals surface area contributed by atoms with Gasteiger partial charge in [0.1, 0.15) is 0 Å². The molecule has 0 aliphatic heterocycles. The summed E-state index contributed by atoms with van der Waals surface area (Å²) in [7, 11) is 1.73. The fourth-order valence-corrected chi connectivity index (χ4v) is 2.60. The van der Waals surface area contributed by atoms with E-state index in [-0.39, 0.29) is 0 Å². The van der Waals surface area contributed by atoms with Gasteiger partial charge in [0.15, 0.2) is 0 Å². The molecule has 1 unspecified atom stereocenters. The van der Waals surface area contributed by atoms with E-state index in [0.717, 1.165) is 19.7 Å². The maximum absolute atomic E-state index is 5.00. The van der Waals surface area contributed by atoms with Crippen molar-refractivity contribution in [3.8, 4) is 0 Å². The van der Waals surface area contributed by atoms with Crippen LogP contribution >= 0.6 is 11.8 Å². The van der Waals surface area contributed by atoms with E-state index < -0.39 is 0 Å². The molecule has 1 atom stereocenters. The summed E-state index contributed by atoms with van der Waals surface area (Å²) in [6, 6.07) is 6.67. The molecule has 17 heavy (non-hydrogen) atoms. The second kappa shape index (κ2) is 7.75. The molecule has 0 spiro atoms. The van der Waals surface area contributed by atoms with Crippen LogP contribution in [0.2, 0.25) is 0 Å². The molecule has 0 fully saturated rings. The van der Waals surface area contributed by atoms with Crippen molar-refractivity contribution in [2.45, 2.75) is 30.9 Å². The Morgan fingerprint density at radius 2 is 2.06 bits per heavy atom.